The third-order valence-electron chi connectivity index (χ3n) is 3.39. The second kappa shape index (κ2) is 8.62. The predicted octanol–water partition coefficient (Wildman–Crippen LogP) is 3.76. The molecule has 0 unspecified atom stereocenters. The van der Waals surface area contributed by atoms with Crippen LogP contribution in [0.2, 0.25) is 10.0 Å². The van der Waals surface area contributed by atoms with Crippen molar-refractivity contribution >= 4 is 44.9 Å². The zero-order valence-corrected chi connectivity index (χ0v) is 16.4. The molecule has 0 spiro atoms. The fourth-order valence-electron chi connectivity index (χ4n) is 2.20. The van der Waals surface area contributed by atoms with Crippen LogP contribution in [-0.2, 0) is 19.6 Å². The number of esters is 1. The summed E-state index contributed by atoms with van der Waals surface area (Å²) in [5.41, 5.74) is 0.234. The van der Waals surface area contributed by atoms with E-state index < -0.39 is 22.5 Å². The van der Waals surface area contributed by atoms with Gasteiger partial charge in [0.05, 0.1) is 29.3 Å². The Bertz CT molecular complexity index is 902. The highest BCUT2D eigenvalue weighted by atomic mass is 35.5. The topological polar surface area (TPSA) is 72.9 Å². The third kappa shape index (κ3) is 4.60. The van der Waals surface area contributed by atoms with Crippen molar-refractivity contribution < 1.29 is 22.7 Å². The molecular weight excluding hydrogens is 401 g/mol. The van der Waals surface area contributed by atoms with E-state index in [1.54, 1.807) is 19.1 Å². The van der Waals surface area contributed by atoms with Gasteiger partial charge in [0.2, 0.25) is 0 Å². The lowest BCUT2D eigenvalue weighted by Crippen LogP contribution is -2.36. The number of sulfonamides is 1. The molecule has 2 rings (SSSR count). The van der Waals surface area contributed by atoms with Gasteiger partial charge in [-0.15, -0.1) is 0 Å². The van der Waals surface area contributed by atoms with Gasteiger partial charge in [0.15, 0.2) is 0 Å². The Morgan fingerprint density at radius 2 is 1.88 bits per heavy atom. The highest BCUT2D eigenvalue weighted by molar-refractivity contribution is 7.92. The number of carbonyl (C=O) groups is 1. The minimum Gasteiger partial charge on any atom is -0.495 e. The highest BCUT2D eigenvalue weighted by Crippen LogP contribution is 2.31. The Labute approximate surface area is 162 Å². The Balaban J connectivity index is 2.52. The first-order valence-corrected chi connectivity index (χ1v) is 9.76. The summed E-state index contributed by atoms with van der Waals surface area (Å²) < 4.78 is 37.1. The first-order chi connectivity index (χ1) is 12.3. The van der Waals surface area contributed by atoms with Gasteiger partial charge in [0, 0.05) is 5.02 Å². The second-order valence-electron chi connectivity index (χ2n) is 5.09. The minimum atomic E-state index is -4.10. The van der Waals surface area contributed by atoms with E-state index >= 15 is 0 Å². The first kappa shape index (κ1) is 20.4. The number of benzene rings is 2. The first-order valence-electron chi connectivity index (χ1n) is 7.57. The van der Waals surface area contributed by atoms with Crippen LogP contribution in [-0.4, -0.2) is 34.6 Å². The average Bonchev–Trinajstić information content (AvgIpc) is 2.59. The Morgan fingerprint density at radius 3 is 2.46 bits per heavy atom. The van der Waals surface area contributed by atoms with Crippen LogP contribution in [0.4, 0.5) is 5.69 Å². The monoisotopic (exact) mass is 417 g/mol. The molecule has 0 saturated carbocycles. The van der Waals surface area contributed by atoms with Gasteiger partial charge >= 0.3 is 5.97 Å². The summed E-state index contributed by atoms with van der Waals surface area (Å²) >= 11 is 12.0. The lowest BCUT2D eigenvalue weighted by atomic mass is 10.3. The molecule has 0 fully saturated rings. The van der Waals surface area contributed by atoms with Gasteiger partial charge in [-0.05, 0) is 43.3 Å². The van der Waals surface area contributed by atoms with E-state index in [0.29, 0.717) is 10.8 Å². The standard InChI is InChI=1S/C17H17Cl2NO5S/c1-3-25-17(21)11-20(13-6-4-5-12(18)9-13)26(22,23)14-7-8-16(24-2)15(19)10-14/h4-10H,3,11H2,1-2H3. The quantitative estimate of drug-likeness (QED) is 0.641. The number of hydrogen-bond acceptors (Lipinski definition) is 5. The number of rotatable bonds is 7. The number of halogens is 2. The van der Waals surface area contributed by atoms with Crippen LogP contribution in [0, 0.1) is 0 Å². The molecule has 0 bridgehead atoms. The Kier molecular flexibility index (Phi) is 6.75. The van der Waals surface area contributed by atoms with Crippen LogP contribution in [0.1, 0.15) is 6.92 Å². The van der Waals surface area contributed by atoms with Gasteiger partial charge in [-0.25, -0.2) is 8.42 Å². The van der Waals surface area contributed by atoms with E-state index in [0.717, 1.165) is 4.31 Å². The molecule has 0 heterocycles. The largest absolute Gasteiger partial charge is 0.495 e. The zero-order chi connectivity index (χ0) is 19.3. The van der Waals surface area contributed by atoms with E-state index in [1.807, 2.05) is 0 Å². The predicted molar refractivity (Wildman–Crippen MR) is 101 cm³/mol. The Hall–Kier alpha value is -1.96. The molecule has 0 N–H and O–H groups in total. The van der Waals surface area contributed by atoms with Crippen molar-refractivity contribution in [2.45, 2.75) is 11.8 Å². The minimum absolute atomic E-state index is 0.0902. The maximum absolute atomic E-state index is 13.1. The fourth-order valence-corrected chi connectivity index (χ4v) is 4.14. The summed E-state index contributed by atoms with van der Waals surface area (Å²) in [6, 6.07) is 10.2. The van der Waals surface area contributed by atoms with Crippen LogP contribution in [0.25, 0.3) is 0 Å². The summed E-state index contributed by atoms with van der Waals surface area (Å²) in [6.07, 6.45) is 0. The number of hydrogen-bond donors (Lipinski definition) is 0. The van der Waals surface area contributed by atoms with Gasteiger partial charge in [-0.3, -0.25) is 9.10 Å². The normalized spacial score (nSPS) is 11.1. The van der Waals surface area contributed by atoms with E-state index in [2.05, 4.69) is 0 Å². The molecular formula is C17H17Cl2NO5S. The molecule has 0 amide bonds. The molecule has 2 aromatic rings. The molecule has 0 aliphatic rings. The van der Waals surface area contributed by atoms with Crippen molar-refractivity contribution in [2.24, 2.45) is 0 Å². The van der Waals surface area contributed by atoms with E-state index in [9.17, 15) is 13.2 Å². The number of carbonyl (C=O) groups excluding carboxylic acids is 1. The SMILES string of the molecule is CCOC(=O)CN(c1cccc(Cl)c1)S(=O)(=O)c1ccc(OC)c(Cl)c1. The molecule has 140 valence electrons. The van der Waals surface area contributed by atoms with Crippen molar-refractivity contribution in [3.8, 4) is 5.75 Å². The summed E-state index contributed by atoms with van der Waals surface area (Å²) in [5, 5.41) is 0.468. The summed E-state index contributed by atoms with van der Waals surface area (Å²) in [7, 11) is -2.67. The number of ether oxygens (including phenoxy) is 2. The van der Waals surface area contributed by atoms with Crippen LogP contribution < -0.4 is 9.04 Å². The highest BCUT2D eigenvalue weighted by Gasteiger charge is 2.28. The Morgan fingerprint density at radius 1 is 1.15 bits per heavy atom. The molecule has 6 nitrogen and oxygen atoms in total. The summed E-state index contributed by atoms with van der Waals surface area (Å²) in [4.78, 5) is 11.9. The maximum atomic E-state index is 13.1. The summed E-state index contributed by atoms with van der Waals surface area (Å²) in [6.45, 7) is 1.27. The summed E-state index contributed by atoms with van der Waals surface area (Å²) in [5.74, 6) is -0.346. The van der Waals surface area contributed by atoms with Crippen molar-refractivity contribution in [1.82, 2.24) is 0 Å². The molecule has 0 aromatic heterocycles. The zero-order valence-electron chi connectivity index (χ0n) is 14.1. The van der Waals surface area contributed by atoms with Crippen molar-refractivity contribution in [1.29, 1.82) is 0 Å². The van der Waals surface area contributed by atoms with Gasteiger partial charge in [0.25, 0.3) is 10.0 Å². The number of methoxy groups -OCH3 is 1. The number of anilines is 1. The second-order valence-corrected chi connectivity index (χ2v) is 7.80. The van der Waals surface area contributed by atoms with Crippen LogP contribution in [0.3, 0.4) is 0 Å². The smallest absolute Gasteiger partial charge is 0.326 e. The van der Waals surface area contributed by atoms with Crippen molar-refractivity contribution in [3.63, 3.8) is 0 Å². The number of nitrogens with zero attached hydrogens (tertiary/aromatic N) is 1. The van der Waals surface area contributed by atoms with Crippen LogP contribution in [0.5, 0.6) is 5.75 Å². The van der Waals surface area contributed by atoms with Crippen molar-refractivity contribution in [3.05, 3.63) is 52.5 Å². The average molecular weight is 418 g/mol. The van der Waals surface area contributed by atoms with Crippen LogP contribution >= 0.6 is 23.2 Å². The molecule has 26 heavy (non-hydrogen) atoms. The molecule has 0 radical (unpaired) electrons. The molecule has 0 aliphatic carbocycles. The van der Waals surface area contributed by atoms with Crippen molar-refractivity contribution in [2.75, 3.05) is 24.6 Å². The lowest BCUT2D eigenvalue weighted by Gasteiger charge is -2.24. The molecule has 0 saturated heterocycles. The maximum Gasteiger partial charge on any atom is 0.326 e. The lowest BCUT2D eigenvalue weighted by molar-refractivity contribution is -0.141. The molecule has 2 aromatic carbocycles. The molecule has 0 atom stereocenters. The van der Waals surface area contributed by atoms with E-state index in [-0.39, 0.29) is 22.2 Å². The van der Waals surface area contributed by atoms with Gasteiger partial charge in [-0.2, -0.15) is 0 Å². The van der Waals surface area contributed by atoms with Gasteiger partial charge in [-0.1, -0.05) is 29.3 Å². The van der Waals surface area contributed by atoms with E-state index in [1.165, 1.54) is 37.4 Å². The fraction of sp³-hybridized carbons (Fsp3) is 0.235. The van der Waals surface area contributed by atoms with Gasteiger partial charge < -0.3 is 9.47 Å². The van der Waals surface area contributed by atoms with Crippen LogP contribution in [0.15, 0.2) is 47.4 Å². The third-order valence-corrected chi connectivity index (χ3v) is 5.69. The van der Waals surface area contributed by atoms with E-state index in [4.69, 9.17) is 32.7 Å². The molecule has 0 aliphatic heterocycles. The van der Waals surface area contributed by atoms with Gasteiger partial charge in [0.1, 0.15) is 12.3 Å². The molecule has 9 heteroatoms.